The Bertz CT molecular complexity index is 427. The van der Waals surface area contributed by atoms with Crippen LogP contribution in [-0.2, 0) is 4.79 Å². The number of rotatable bonds is 7. The number of aromatic nitrogens is 2. The molecular formula is C12H20ClN5O. The van der Waals surface area contributed by atoms with Crippen LogP contribution in [-0.4, -0.2) is 35.0 Å². The van der Waals surface area contributed by atoms with E-state index in [1.165, 1.54) is 6.20 Å². The molecule has 1 rings (SSSR count). The second-order valence-corrected chi connectivity index (χ2v) is 4.48. The average molecular weight is 286 g/mol. The number of nitrogens with one attached hydrogen (secondary N) is 3. The van der Waals surface area contributed by atoms with E-state index in [-0.39, 0.29) is 5.91 Å². The lowest BCUT2D eigenvalue weighted by Crippen LogP contribution is -2.38. The lowest BCUT2D eigenvalue weighted by atomic mass is 10.3. The lowest BCUT2D eigenvalue weighted by molar-refractivity contribution is -0.121. The van der Waals surface area contributed by atoms with Crippen LogP contribution >= 0.6 is 11.6 Å². The number of nitrogens with zero attached hydrogens (tertiary/aromatic N) is 2. The van der Waals surface area contributed by atoms with Gasteiger partial charge in [-0.25, -0.2) is 4.98 Å². The summed E-state index contributed by atoms with van der Waals surface area (Å²) in [6, 6.07) is -0.409. The van der Waals surface area contributed by atoms with E-state index >= 15 is 0 Å². The first-order chi connectivity index (χ1) is 9.08. The van der Waals surface area contributed by atoms with Crippen molar-refractivity contribution in [1.82, 2.24) is 15.3 Å². The molecule has 1 atom stereocenters. The first-order valence-corrected chi connectivity index (χ1v) is 6.76. The number of amides is 1. The molecule has 0 fully saturated rings. The molecule has 1 aromatic heterocycles. The summed E-state index contributed by atoms with van der Waals surface area (Å²) in [4.78, 5) is 20.0. The van der Waals surface area contributed by atoms with Gasteiger partial charge >= 0.3 is 0 Å². The van der Waals surface area contributed by atoms with Crippen LogP contribution in [0.4, 0.5) is 11.8 Å². The molecule has 7 heteroatoms. The Morgan fingerprint density at radius 1 is 1.47 bits per heavy atom. The molecule has 0 spiro atoms. The second kappa shape index (κ2) is 7.78. The minimum atomic E-state index is -0.409. The fourth-order valence-corrected chi connectivity index (χ4v) is 1.53. The highest BCUT2D eigenvalue weighted by atomic mass is 35.5. The largest absolute Gasteiger partial charge is 0.357 e. The standard InChI is InChI=1S/C12H20ClN5O/c1-4-6-15-11(19)8(3)17-10-9(13)7-16-12(18-10)14-5-2/h7-8H,4-6H2,1-3H3,(H,15,19)(H2,14,16,17,18). The molecule has 6 nitrogen and oxygen atoms in total. The molecule has 3 N–H and O–H groups in total. The molecule has 1 amide bonds. The molecule has 1 unspecified atom stereocenters. The third-order valence-electron chi connectivity index (χ3n) is 2.37. The van der Waals surface area contributed by atoms with Crippen molar-refractivity contribution in [3.63, 3.8) is 0 Å². The Balaban J connectivity index is 2.69. The third kappa shape index (κ3) is 4.90. The maximum Gasteiger partial charge on any atom is 0.242 e. The van der Waals surface area contributed by atoms with Gasteiger partial charge in [-0.15, -0.1) is 0 Å². The molecule has 0 aromatic carbocycles. The highest BCUT2D eigenvalue weighted by molar-refractivity contribution is 6.32. The van der Waals surface area contributed by atoms with E-state index in [1.807, 2.05) is 13.8 Å². The zero-order chi connectivity index (χ0) is 14.3. The molecule has 0 saturated heterocycles. The molecule has 0 saturated carbocycles. The molecule has 106 valence electrons. The van der Waals surface area contributed by atoms with Gasteiger partial charge in [0.15, 0.2) is 5.82 Å². The number of carbonyl (C=O) groups excluding carboxylic acids is 1. The fourth-order valence-electron chi connectivity index (χ4n) is 1.38. The van der Waals surface area contributed by atoms with Crippen LogP contribution in [0, 0.1) is 0 Å². The van der Waals surface area contributed by atoms with Crippen molar-refractivity contribution < 1.29 is 4.79 Å². The van der Waals surface area contributed by atoms with Gasteiger partial charge < -0.3 is 16.0 Å². The van der Waals surface area contributed by atoms with Gasteiger partial charge in [-0.3, -0.25) is 4.79 Å². The first-order valence-electron chi connectivity index (χ1n) is 6.39. The molecule has 0 bridgehead atoms. The normalized spacial score (nSPS) is 11.8. The van der Waals surface area contributed by atoms with E-state index in [1.54, 1.807) is 6.92 Å². The predicted molar refractivity (Wildman–Crippen MR) is 77.6 cm³/mol. The van der Waals surface area contributed by atoms with Crippen LogP contribution in [0.25, 0.3) is 0 Å². The van der Waals surface area contributed by atoms with E-state index in [9.17, 15) is 4.79 Å². The van der Waals surface area contributed by atoms with Crippen molar-refractivity contribution in [2.75, 3.05) is 23.7 Å². The minimum Gasteiger partial charge on any atom is -0.357 e. The first kappa shape index (κ1) is 15.5. The number of hydrogen-bond donors (Lipinski definition) is 3. The lowest BCUT2D eigenvalue weighted by Gasteiger charge is -2.15. The maximum atomic E-state index is 11.8. The molecule has 0 aliphatic heterocycles. The smallest absolute Gasteiger partial charge is 0.242 e. The van der Waals surface area contributed by atoms with E-state index in [0.29, 0.717) is 29.9 Å². The molecule has 0 aliphatic carbocycles. The van der Waals surface area contributed by atoms with Crippen LogP contribution < -0.4 is 16.0 Å². The molecule has 1 heterocycles. The van der Waals surface area contributed by atoms with Crippen LogP contribution in [0.5, 0.6) is 0 Å². The second-order valence-electron chi connectivity index (χ2n) is 4.08. The highest BCUT2D eigenvalue weighted by Gasteiger charge is 2.14. The summed E-state index contributed by atoms with van der Waals surface area (Å²) in [5.41, 5.74) is 0. The van der Waals surface area contributed by atoms with Gasteiger partial charge in [-0.1, -0.05) is 18.5 Å². The number of carbonyl (C=O) groups is 1. The Labute approximate surface area is 118 Å². The Morgan fingerprint density at radius 3 is 2.84 bits per heavy atom. The molecule has 19 heavy (non-hydrogen) atoms. The van der Waals surface area contributed by atoms with Crippen molar-refractivity contribution in [3.8, 4) is 0 Å². The summed E-state index contributed by atoms with van der Waals surface area (Å²) in [7, 11) is 0. The van der Waals surface area contributed by atoms with Crippen molar-refractivity contribution in [1.29, 1.82) is 0 Å². The number of anilines is 2. The van der Waals surface area contributed by atoms with Crippen LogP contribution in [0.1, 0.15) is 27.2 Å². The van der Waals surface area contributed by atoms with E-state index in [4.69, 9.17) is 11.6 Å². The van der Waals surface area contributed by atoms with Crippen molar-refractivity contribution in [2.24, 2.45) is 0 Å². The fraction of sp³-hybridized carbons (Fsp3) is 0.583. The van der Waals surface area contributed by atoms with Gasteiger partial charge in [0.1, 0.15) is 11.1 Å². The third-order valence-corrected chi connectivity index (χ3v) is 2.65. The van der Waals surface area contributed by atoms with Crippen LogP contribution in [0.2, 0.25) is 5.02 Å². The van der Waals surface area contributed by atoms with E-state index < -0.39 is 6.04 Å². The molecule has 1 aromatic rings. The molecule has 0 radical (unpaired) electrons. The monoisotopic (exact) mass is 285 g/mol. The SMILES string of the molecule is CCCNC(=O)C(C)Nc1nc(NCC)ncc1Cl. The molecular weight excluding hydrogens is 266 g/mol. The van der Waals surface area contributed by atoms with Gasteiger partial charge in [0.25, 0.3) is 0 Å². The van der Waals surface area contributed by atoms with Gasteiger partial charge in [0, 0.05) is 13.1 Å². The zero-order valence-electron chi connectivity index (χ0n) is 11.5. The highest BCUT2D eigenvalue weighted by Crippen LogP contribution is 2.20. The molecule has 0 aliphatic rings. The van der Waals surface area contributed by atoms with E-state index in [0.717, 1.165) is 6.42 Å². The summed E-state index contributed by atoms with van der Waals surface area (Å²) in [6.07, 6.45) is 2.41. The van der Waals surface area contributed by atoms with Crippen LogP contribution in [0.15, 0.2) is 6.20 Å². The Kier molecular flexibility index (Phi) is 6.35. The predicted octanol–water partition coefficient (Wildman–Crippen LogP) is 1.89. The zero-order valence-corrected chi connectivity index (χ0v) is 12.2. The van der Waals surface area contributed by atoms with Crippen molar-refractivity contribution >= 4 is 29.3 Å². The summed E-state index contributed by atoms with van der Waals surface area (Å²) in [5.74, 6) is 0.851. The summed E-state index contributed by atoms with van der Waals surface area (Å²) in [5, 5.41) is 9.17. The summed E-state index contributed by atoms with van der Waals surface area (Å²) < 4.78 is 0. The minimum absolute atomic E-state index is 0.0819. The van der Waals surface area contributed by atoms with Crippen molar-refractivity contribution in [2.45, 2.75) is 33.2 Å². The Hall–Kier alpha value is -1.56. The summed E-state index contributed by atoms with van der Waals surface area (Å²) >= 11 is 6.00. The van der Waals surface area contributed by atoms with Gasteiger partial charge in [-0.05, 0) is 20.3 Å². The van der Waals surface area contributed by atoms with Crippen LogP contribution in [0.3, 0.4) is 0 Å². The van der Waals surface area contributed by atoms with E-state index in [2.05, 4.69) is 25.9 Å². The average Bonchev–Trinajstić information content (AvgIpc) is 2.40. The number of halogens is 1. The maximum absolute atomic E-state index is 11.8. The van der Waals surface area contributed by atoms with Crippen molar-refractivity contribution in [3.05, 3.63) is 11.2 Å². The quantitative estimate of drug-likeness (QED) is 0.713. The topological polar surface area (TPSA) is 78.9 Å². The van der Waals surface area contributed by atoms with Gasteiger partial charge in [0.2, 0.25) is 11.9 Å². The summed E-state index contributed by atoms with van der Waals surface area (Å²) in [6.45, 7) is 7.09. The van der Waals surface area contributed by atoms with Gasteiger partial charge in [-0.2, -0.15) is 4.98 Å². The Morgan fingerprint density at radius 2 is 2.21 bits per heavy atom. The number of hydrogen-bond acceptors (Lipinski definition) is 5. The van der Waals surface area contributed by atoms with Gasteiger partial charge in [0.05, 0.1) is 6.20 Å².